The number of nitrogens with one attached hydrogen (secondary N) is 2. The third kappa shape index (κ3) is 7.66. The minimum absolute atomic E-state index is 0. The first kappa shape index (κ1) is 28.2. The molecule has 0 radical (unpaired) electrons. The van der Waals surface area contributed by atoms with Gasteiger partial charge in [0.05, 0.1) is 12.0 Å². The number of nitrogens with zero attached hydrogens (tertiary/aromatic N) is 1. The summed E-state index contributed by atoms with van der Waals surface area (Å²) in [5, 5.41) is 6.02. The van der Waals surface area contributed by atoms with Crippen molar-refractivity contribution >= 4 is 16.1 Å². The summed E-state index contributed by atoms with van der Waals surface area (Å²) in [7, 11) is -2.06. The van der Waals surface area contributed by atoms with E-state index in [-0.39, 0.29) is 37.9 Å². The number of urea groups is 1. The summed E-state index contributed by atoms with van der Waals surface area (Å²) in [6.45, 7) is 0.804. The molecule has 1 aliphatic carbocycles. The first-order valence-corrected chi connectivity index (χ1v) is 12.6. The van der Waals surface area contributed by atoms with E-state index in [4.69, 9.17) is 4.74 Å². The van der Waals surface area contributed by atoms with Gasteiger partial charge in [0.25, 0.3) is 0 Å². The maximum atomic E-state index is 13.2. The molecule has 0 spiro atoms. The zero-order chi connectivity index (χ0) is 21.4. The van der Waals surface area contributed by atoms with Gasteiger partial charge in [-0.1, -0.05) is 53.4 Å². The van der Waals surface area contributed by atoms with Crippen LogP contribution in [0, 0.1) is 0 Å². The van der Waals surface area contributed by atoms with Crippen molar-refractivity contribution in [2.75, 3.05) is 20.2 Å². The molecule has 2 fully saturated rings. The molecule has 1 aromatic carbocycles. The largest absolute Gasteiger partial charge is 0.497 e. The smallest absolute Gasteiger partial charge is 0.315 e. The molecule has 1 aromatic rings. The molecule has 0 aromatic heterocycles. The third-order valence-electron chi connectivity index (χ3n) is 6.18. The first-order valence-electron chi connectivity index (χ1n) is 11.2. The Kier molecular flexibility index (Phi) is 12.1. The van der Waals surface area contributed by atoms with Crippen molar-refractivity contribution < 1.29 is 17.9 Å². The number of piperidine rings is 1. The van der Waals surface area contributed by atoms with Gasteiger partial charge in [-0.3, -0.25) is 0 Å². The van der Waals surface area contributed by atoms with Crippen molar-refractivity contribution in [1.29, 1.82) is 0 Å². The summed E-state index contributed by atoms with van der Waals surface area (Å²) in [5.41, 5.74) is 0. The van der Waals surface area contributed by atoms with E-state index >= 15 is 0 Å². The van der Waals surface area contributed by atoms with E-state index in [1.54, 1.807) is 35.7 Å². The highest BCUT2D eigenvalue weighted by atomic mass is 32.2. The second-order valence-electron chi connectivity index (χ2n) is 8.34. The molecule has 2 amide bonds. The summed E-state index contributed by atoms with van der Waals surface area (Å²) in [4.78, 5) is 12.7. The molecule has 3 rings (SSSR count). The molecule has 1 saturated carbocycles. The Hall–Kier alpha value is -1.80. The van der Waals surface area contributed by atoms with Crippen LogP contribution < -0.4 is 15.4 Å². The lowest BCUT2D eigenvalue weighted by Crippen LogP contribution is -2.51. The van der Waals surface area contributed by atoms with Crippen molar-refractivity contribution in [3.05, 3.63) is 24.3 Å². The molecule has 1 atom stereocenters. The minimum atomic E-state index is -3.61. The van der Waals surface area contributed by atoms with Gasteiger partial charge >= 0.3 is 6.03 Å². The molecule has 8 heteroatoms. The third-order valence-corrected chi connectivity index (χ3v) is 8.14. The molecule has 2 N–H and O–H groups in total. The van der Waals surface area contributed by atoms with Gasteiger partial charge in [0, 0.05) is 25.2 Å². The van der Waals surface area contributed by atoms with Crippen LogP contribution in [0.2, 0.25) is 0 Å². The van der Waals surface area contributed by atoms with Crippen LogP contribution in [0.15, 0.2) is 29.2 Å². The average molecular weight is 470 g/mol. The fourth-order valence-electron chi connectivity index (χ4n) is 4.42. The van der Waals surface area contributed by atoms with Gasteiger partial charge in [0.15, 0.2) is 0 Å². The van der Waals surface area contributed by atoms with E-state index in [0.29, 0.717) is 18.8 Å². The number of benzene rings is 1. The van der Waals surface area contributed by atoms with Crippen LogP contribution in [0.4, 0.5) is 4.79 Å². The molecule has 1 aliphatic heterocycles. The molecule has 7 nitrogen and oxygen atoms in total. The highest BCUT2D eigenvalue weighted by molar-refractivity contribution is 7.89. The lowest BCUT2D eigenvalue weighted by Gasteiger charge is -2.35. The van der Waals surface area contributed by atoms with Crippen LogP contribution in [0.1, 0.15) is 79.1 Å². The second-order valence-corrected chi connectivity index (χ2v) is 10.2. The zero-order valence-corrected chi connectivity index (χ0v) is 18.8. The van der Waals surface area contributed by atoms with E-state index in [0.717, 1.165) is 44.9 Å². The normalized spacial score (nSPS) is 20.6. The van der Waals surface area contributed by atoms with Crippen LogP contribution in [0.3, 0.4) is 0 Å². The van der Waals surface area contributed by atoms with Gasteiger partial charge in [-0.05, 0) is 49.9 Å². The Bertz CT molecular complexity index is 775. The lowest BCUT2D eigenvalue weighted by molar-refractivity contribution is 0.219. The standard InChI is InChI=1S/C22H35N3O4S.2CH4/c1-29-20-12-14-21(15-13-20)30(27,28)25-16-8-7-11-19(25)17-23-22(26)24-18-9-5-3-2-4-6-10-18;;/h12-15,18-19H,2-11,16-17H2,1H3,(H2,23,24,26);2*1H4. The fourth-order valence-corrected chi connectivity index (χ4v) is 6.12. The second kappa shape index (κ2) is 13.7. The minimum Gasteiger partial charge on any atom is -0.497 e. The fraction of sp³-hybridized carbons (Fsp3) is 0.708. The lowest BCUT2D eigenvalue weighted by atomic mass is 9.97. The van der Waals surface area contributed by atoms with Crippen LogP contribution in [0.25, 0.3) is 0 Å². The van der Waals surface area contributed by atoms with E-state index < -0.39 is 10.0 Å². The van der Waals surface area contributed by atoms with Gasteiger partial charge in [-0.15, -0.1) is 0 Å². The molecule has 32 heavy (non-hydrogen) atoms. The van der Waals surface area contributed by atoms with Gasteiger partial charge in [0.2, 0.25) is 10.0 Å². The van der Waals surface area contributed by atoms with Gasteiger partial charge in [-0.25, -0.2) is 13.2 Å². The summed E-state index contributed by atoms with van der Waals surface area (Å²) in [6, 6.07) is 6.28. The summed E-state index contributed by atoms with van der Waals surface area (Å²) < 4.78 is 33.1. The zero-order valence-electron chi connectivity index (χ0n) is 17.9. The van der Waals surface area contributed by atoms with E-state index in [2.05, 4.69) is 10.6 Å². The number of rotatable bonds is 6. The van der Waals surface area contributed by atoms with Crippen LogP contribution in [-0.4, -0.2) is 51.0 Å². The Morgan fingerprint density at radius 3 is 2.19 bits per heavy atom. The van der Waals surface area contributed by atoms with Crippen molar-refractivity contribution in [3.63, 3.8) is 0 Å². The number of hydrogen-bond acceptors (Lipinski definition) is 4. The number of sulfonamides is 1. The summed E-state index contributed by atoms with van der Waals surface area (Å²) in [5.74, 6) is 0.622. The number of hydrogen-bond donors (Lipinski definition) is 2. The topological polar surface area (TPSA) is 87.7 Å². The summed E-state index contributed by atoms with van der Waals surface area (Å²) >= 11 is 0. The molecular formula is C24H43N3O4S. The molecule has 0 bridgehead atoms. The number of methoxy groups -OCH3 is 1. The molecule has 184 valence electrons. The predicted octanol–water partition coefficient (Wildman–Crippen LogP) is 4.92. The van der Waals surface area contributed by atoms with E-state index in [1.807, 2.05) is 0 Å². The molecule has 1 saturated heterocycles. The highest BCUT2D eigenvalue weighted by Gasteiger charge is 2.33. The monoisotopic (exact) mass is 469 g/mol. The van der Waals surface area contributed by atoms with Crippen LogP contribution >= 0.6 is 0 Å². The average Bonchev–Trinajstić information content (AvgIpc) is 2.74. The van der Waals surface area contributed by atoms with Gasteiger partial charge in [-0.2, -0.15) is 4.31 Å². The molecule has 2 aliphatic rings. The van der Waals surface area contributed by atoms with Crippen molar-refractivity contribution in [1.82, 2.24) is 14.9 Å². The van der Waals surface area contributed by atoms with Gasteiger partial charge in [0.1, 0.15) is 5.75 Å². The van der Waals surface area contributed by atoms with Crippen molar-refractivity contribution in [2.24, 2.45) is 0 Å². The van der Waals surface area contributed by atoms with Crippen LogP contribution in [0.5, 0.6) is 5.75 Å². The molecule has 1 heterocycles. The number of carbonyl (C=O) groups is 1. The Morgan fingerprint density at radius 2 is 1.56 bits per heavy atom. The van der Waals surface area contributed by atoms with Crippen molar-refractivity contribution in [3.8, 4) is 5.75 Å². The van der Waals surface area contributed by atoms with Crippen molar-refractivity contribution in [2.45, 2.75) is 96.0 Å². The highest BCUT2D eigenvalue weighted by Crippen LogP contribution is 2.26. The Morgan fingerprint density at radius 1 is 0.969 bits per heavy atom. The quantitative estimate of drug-likeness (QED) is 0.619. The maximum absolute atomic E-state index is 13.2. The SMILES string of the molecule is C.C.COc1ccc(S(=O)(=O)N2CCCCC2CNC(=O)NC2CCCCCCC2)cc1. The predicted molar refractivity (Wildman–Crippen MR) is 131 cm³/mol. The summed E-state index contributed by atoms with van der Waals surface area (Å²) in [6.07, 6.45) is 10.7. The van der Waals surface area contributed by atoms with Gasteiger partial charge < -0.3 is 15.4 Å². The Balaban J connectivity index is 0.00000256. The van der Waals surface area contributed by atoms with Crippen LogP contribution in [-0.2, 0) is 10.0 Å². The Labute approximate surface area is 195 Å². The molecular weight excluding hydrogens is 426 g/mol. The number of carbonyl (C=O) groups excluding carboxylic acids is 1. The number of amides is 2. The first-order chi connectivity index (χ1) is 14.5. The van der Waals surface area contributed by atoms with E-state index in [9.17, 15) is 13.2 Å². The number of ether oxygens (including phenoxy) is 1. The molecule has 1 unspecified atom stereocenters. The maximum Gasteiger partial charge on any atom is 0.315 e. The van der Waals surface area contributed by atoms with E-state index in [1.165, 1.54) is 19.3 Å².